The van der Waals surface area contributed by atoms with Gasteiger partial charge in [0.05, 0.1) is 19.8 Å². The third kappa shape index (κ3) is 4.40. The highest BCUT2D eigenvalue weighted by Crippen LogP contribution is 2.19. The maximum absolute atomic E-state index is 11.1. The molecule has 0 aliphatic heterocycles. The lowest BCUT2D eigenvalue weighted by Crippen LogP contribution is -2.07. The lowest BCUT2D eigenvalue weighted by atomic mass is 10.1. The Morgan fingerprint density at radius 2 is 2.29 bits per heavy atom. The topological polar surface area (TPSA) is 68.7 Å². The molecule has 1 heterocycles. The van der Waals surface area contributed by atoms with Crippen molar-refractivity contribution in [1.29, 1.82) is 0 Å². The molecule has 1 unspecified atom stereocenters. The summed E-state index contributed by atoms with van der Waals surface area (Å²) in [4.78, 5) is 15.1. The van der Waals surface area contributed by atoms with Gasteiger partial charge in [-0.3, -0.25) is 4.79 Å². The molecule has 17 heavy (non-hydrogen) atoms. The molecular weight excluding hydrogens is 222 g/mol. The van der Waals surface area contributed by atoms with Crippen LogP contribution in [0.2, 0.25) is 0 Å². The zero-order chi connectivity index (χ0) is 12.7. The van der Waals surface area contributed by atoms with Gasteiger partial charge in [0.2, 0.25) is 5.88 Å². The average molecular weight is 239 g/mol. The number of aromatic nitrogens is 1. The quantitative estimate of drug-likeness (QED) is 0.761. The van der Waals surface area contributed by atoms with Gasteiger partial charge in [0.25, 0.3) is 0 Å². The van der Waals surface area contributed by atoms with E-state index in [1.807, 2.05) is 0 Å². The van der Waals surface area contributed by atoms with Crippen molar-refractivity contribution in [3.8, 4) is 5.88 Å². The van der Waals surface area contributed by atoms with Crippen LogP contribution in [0, 0.1) is 0 Å². The first-order valence-electron chi connectivity index (χ1n) is 5.51. The molecule has 0 saturated carbocycles. The number of nitrogens with zero attached hydrogens (tertiary/aromatic N) is 1. The standard InChI is InChI=1S/C12H17NO4/c1-3-17-12(15)7-5-10(14)9-4-6-11(16-2)13-8-9/h4,6,8,10,14H,3,5,7H2,1-2H3. The second-order valence-electron chi connectivity index (χ2n) is 3.49. The van der Waals surface area contributed by atoms with Crippen molar-refractivity contribution in [2.75, 3.05) is 13.7 Å². The summed E-state index contributed by atoms with van der Waals surface area (Å²) in [6.45, 7) is 2.11. The van der Waals surface area contributed by atoms with Crippen molar-refractivity contribution in [2.45, 2.75) is 25.9 Å². The van der Waals surface area contributed by atoms with Gasteiger partial charge in [-0.25, -0.2) is 4.98 Å². The summed E-state index contributed by atoms with van der Waals surface area (Å²) in [6, 6.07) is 3.39. The molecule has 0 bridgehead atoms. The van der Waals surface area contributed by atoms with Gasteiger partial charge in [0, 0.05) is 18.7 Å². The molecular formula is C12H17NO4. The van der Waals surface area contributed by atoms with Crippen molar-refractivity contribution in [1.82, 2.24) is 4.98 Å². The monoisotopic (exact) mass is 239 g/mol. The lowest BCUT2D eigenvalue weighted by molar-refractivity contribution is -0.143. The van der Waals surface area contributed by atoms with E-state index < -0.39 is 6.10 Å². The zero-order valence-corrected chi connectivity index (χ0v) is 10.0. The third-order valence-corrected chi connectivity index (χ3v) is 2.28. The Hall–Kier alpha value is -1.62. The molecule has 5 nitrogen and oxygen atoms in total. The number of carbonyl (C=O) groups is 1. The molecule has 0 aliphatic carbocycles. The van der Waals surface area contributed by atoms with Crippen LogP contribution in [0.1, 0.15) is 31.4 Å². The second-order valence-corrected chi connectivity index (χ2v) is 3.49. The first kappa shape index (κ1) is 13.4. The van der Waals surface area contributed by atoms with E-state index in [2.05, 4.69) is 4.98 Å². The molecule has 1 aromatic heterocycles. The number of aliphatic hydroxyl groups is 1. The Bertz CT molecular complexity index is 350. The average Bonchev–Trinajstić information content (AvgIpc) is 2.36. The molecule has 0 saturated heterocycles. The number of carbonyl (C=O) groups excluding carboxylic acids is 1. The van der Waals surface area contributed by atoms with Gasteiger partial charge < -0.3 is 14.6 Å². The molecule has 0 fully saturated rings. The summed E-state index contributed by atoms with van der Waals surface area (Å²) in [7, 11) is 1.53. The number of ether oxygens (including phenoxy) is 2. The Kier molecular flexibility index (Phi) is 5.42. The van der Waals surface area contributed by atoms with Gasteiger partial charge in [-0.2, -0.15) is 0 Å². The largest absolute Gasteiger partial charge is 0.481 e. The van der Waals surface area contributed by atoms with Gasteiger partial charge in [0.1, 0.15) is 0 Å². The van der Waals surface area contributed by atoms with Crippen LogP contribution in [0.25, 0.3) is 0 Å². The number of hydrogen-bond acceptors (Lipinski definition) is 5. The van der Waals surface area contributed by atoms with E-state index >= 15 is 0 Å². The third-order valence-electron chi connectivity index (χ3n) is 2.28. The van der Waals surface area contributed by atoms with Crippen molar-refractivity contribution in [2.24, 2.45) is 0 Å². The summed E-state index contributed by atoms with van der Waals surface area (Å²) >= 11 is 0. The van der Waals surface area contributed by atoms with Gasteiger partial charge in [-0.05, 0) is 25.0 Å². The zero-order valence-electron chi connectivity index (χ0n) is 10.0. The van der Waals surface area contributed by atoms with Crippen molar-refractivity contribution >= 4 is 5.97 Å². The molecule has 0 radical (unpaired) electrons. The summed E-state index contributed by atoms with van der Waals surface area (Å²) < 4.78 is 9.69. The molecule has 1 N–H and O–H groups in total. The maximum atomic E-state index is 11.1. The van der Waals surface area contributed by atoms with E-state index in [1.54, 1.807) is 19.1 Å². The van der Waals surface area contributed by atoms with Crippen molar-refractivity contribution in [3.05, 3.63) is 23.9 Å². The molecule has 0 amide bonds. The highest BCUT2D eigenvalue weighted by molar-refractivity contribution is 5.69. The number of esters is 1. The number of methoxy groups -OCH3 is 1. The number of pyridine rings is 1. The fourth-order valence-corrected chi connectivity index (χ4v) is 1.36. The molecule has 0 spiro atoms. The van der Waals surface area contributed by atoms with E-state index in [0.29, 0.717) is 24.5 Å². The van der Waals surface area contributed by atoms with Crippen molar-refractivity contribution < 1.29 is 19.4 Å². The molecule has 1 rings (SSSR count). The minimum absolute atomic E-state index is 0.195. The first-order valence-corrected chi connectivity index (χ1v) is 5.51. The minimum Gasteiger partial charge on any atom is -0.481 e. The van der Waals surface area contributed by atoms with E-state index in [9.17, 15) is 9.90 Å². The SMILES string of the molecule is CCOC(=O)CCC(O)c1ccc(OC)nc1. The predicted octanol–water partition coefficient (Wildman–Crippen LogP) is 1.47. The lowest BCUT2D eigenvalue weighted by Gasteiger charge is -2.10. The van der Waals surface area contributed by atoms with Crippen LogP contribution in [-0.2, 0) is 9.53 Å². The normalized spacial score (nSPS) is 11.9. The molecule has 0 aromatic carbocycles. The molecule has 0 aliphatic rings. The smallest absolute Gasteiger partial charge is 0.305 e. The predicted molar refractivity (Wildman–Crippen MR) is 61.6 cm³/mol. The summed E-state index contributed by atoms with van der Waals surface area (Å²) in [5, 5.41) is 9.81. The van der Waals surface area contributed by atoms with E-state index in [1.165, 1.54) is 13.3 Å². The Morgan fingerprint density at radius 1 is 1.53 bits per heavy atom. The van der Waals surface area contributed by atoms with E-state index in [-0.39, 0.29) is 12.4 Å². The molecule has 1 aromatic rings. The molecule has 5 heteroatoms. The van der Waals surface area contributed by atoms with Crippen LogP contribution in [0.5, 0.6) is 5.88 Å². The van der Waals surface area contributed by atoms with Crippen LogP contribution in [0.15, 0.2) is 18.3 Å². The Labute approximate surface area is 100 Å². The fraction of sp³-hybridized carbons (Fsp3) is 0.500. The number of rotatable bonds is 6. The van der Waals surface area contributed by atoms with Gasteiger partial charge in [0.15, 0.2) is 0 Å². The Balaban J connectivity index is 2.46. The van der Waals surface area contributed by atoms with Crippen LogP contribution in [0.4, 0.5) is 0 Å². The molecule has 94 valence electrons. The second kappa shape index (κ2) is 6.85. The first-order chi connectivity index (χ1) is 8.17. The van der Waals surface area contributed by atoms with Crippen LogP contribution in [-0.4, -0.2) is 29.8 Å². The summed E-state index contributed by atoms with van der Waals surface area (Å²) in [5.41, 5.74) is 0.662. The van der Waals surface area contributed by atoms with Gasteiger partial charge in [-0.1, -0.05) is 0 Å². The summed E-state index contributed by atoms with van der Waals surface area (Å²) in [5.74, 6) is 0.194. The van der Waals surface area contributed by atoms with E-state index in [0.717, 1.165) is 0 Å². The summed E-state index contributed by atoms with van der Waals surface area (Å²) in [6.07, 6.45) is 1.35. The highest BCUT2D eigenvalue weighted by Gasteiger charge is 2.11. The van der Waals surface area contributed by atoms with Gasteiger partial charge in [-0.15, -0.1) is 0 Å². The number of hydrogen-bond donors (Lipinski definition) is 1. The van der Waals surface area contributed by atoms with Crippen LogP contribution < -0.4 is 4.74 Å². The number of aliphatic hydroxyl groups excluding tert-OH is 1. The van der Waals surface area contributed by atoms with Crippen LogP contribution >= 0.6 is 0 Å². The van der Waals surface area contributed by atoms with Gasteiger partial charge >= 0.3 is 5.97 Å². The maximum Gasteiger partial charge on any atom is 0.305 e. The molecule has 1 atom stereocenters. The van der Waals surface area contributed by atoms with Crippen molar-refractivity contribution in [3.63, 3.8) is 0 Å². The Morgan fingerprint density at radius 3 is 2.82 bits per heavy atom. The van der Waals surface area contributed by atoms with E-state index in [4.69, 9.17) is 9.47 Å². The van der Waals surface area contributed by atoms with Crippen LogP contribution in [0.3, 0.4) is 0 Å². The fourth-order valence-electron chi connectivity index (χ4n) is 1.36. The highest BCUT2D eigenvalue weighted by atomic mass is 16.5. The minimum atomic E-state index is -0.710.